The van der Waals surface area contributed by atoms with E-state index >= 15 is 0 Å². The van der Waals surface area contributed by atoms with Crippen molar-refractivity contribution in [2.45, 2.75) is 58.8 Å². The van der Waals surface area contributed by atoms with Crippen molar-refractivity contribution in [3.05, 3.63) is 70.0 Å². The van der Waals surface area contributed by atoms with Crippen LogP contribution in [0.25, 0.3) is 10.9 Å². The lowest BCUT2D eigenvalue weighted by Crippen LogP contribution is -2.21. The first-order valence-corrected chi connectivity index (χ1v) is 10.9. The van der Waals surface area contributed by atoms with Crippen LogP contribution in [0.3, 0.4) is 0 Å². The van der Waals surface area contributed by atoms with E-state index in [1.54, 1.807) is 16.8 Å². The van der Waals surface area contributed by atoms with Gasteiger partial charge in [-0.15, -0.1) is 0 Å². The molecule has 0 saturated carbocycles. The third-order valence-corrected chi connectivity index (χ3v) is 6.55. The van der Waals surface area contributed by atoms with Crippen molar-refractivity contribution in [3.8, 4) is 0 Å². The number of rotatable bonds is 4. The van der Waals surface area contributed by atoms with Gasteiger partial charge in [-0.2, -0.15) is 0 Å². The number of allylic oxidation sites excluding steroid dienone is 6. The molecule has 1 aliphatic carbocycles. The maximum atomic E-state index is 3.70. The van der Waals surface area contributed by atoms with Crippen LogP contribution in [0.5, 0.6) is 0 Å². The maximum absolute atomic E-state index is 3.70. The fourth-order valence-corrected chi connectivity index (χ4v) is 5.01. The van der Waals surface area contributed by atoms with Crippen molar-refractivity contribution < 1.29 is 0 Å². The van der Waals surface area contributed by atoms with E-state index in [1.165, 1.54) is 34.0 Å². The van der Waals surface area contributed by atoms with Crippen LogP contribution in [0.1, 0.15) is 62.3 Å². The predicted molar refractivity (Wildman–Crippen MR) is 121 cm³/mol. The summed E-state index contributed by atoms with van der Waals surface area (Å²) in [5, 5.41) is 5.17. The molecule has 0 amide bonds. The molecule has 0 fully saturated rings. The van der Waals surface area contributed by atoms with Crippen molar-refractivity contribution in [1.82, 2.24) is 9.88 Å². The van der Waals surface area contributed by atoms with Crippen LogP contribution < -0.4 is 5.32 Å². The van der Waals surface area contributed by atoms with Gasteiger partial charge in [-0.3, -0.25) is 0 Å². The highest BCUT2D eigenvalue weighted by Gasteiger charge is 2.25. The second-order valence-corrected chi connectivity index (χ2v) is 8.72. The molecule has 148 valence electrons. The number of nitrogens with zero attached hydrogens (tertiary/aromatic N) is 1. The third-order valence-electron chi connectivity index (χ3n) is 6.55. The Morgan fingerprint density at radius 2 is 2.04 bits per heavy atom. The fourth-order valence-electron chi connectivity index (χ4n) is 5.01. The van der Waals surface area contributed by atoms with Gasteiger partial charge in [0.15, 0.2) is 0 Å². The Bertz CT molecular complexity index is 968. The van der Waals surface area contributed by atoms with E-state index in [-0.39, 0.29) is 0 Å². The first kappa shape index (κ1) is 19.3. The van der Waals surface area contributed by atoms with Crippen LogP contribution in [0.2, 0.25) is 0 Å². The van der Waals surface area contributed by atoms with Crippen molar-refractivity contribution in [2.75, 3.05) is 13.1 Å². The van der Waals surface area contributed by atoms with Gasteiger partial charge in [0.2, 0.25) is 0 Å². The summed E-state index contributed by atoms with van der Waals surface area (Å²) in [6.07, 6.45) is 12.9. The standard InChI is InChI=1S/C26H34N2/c1-5-20-14-18(2)6-8-21(16-20)9-10-22-17-27-13-12-23-24-15-19(3)7-11-25(24)28(4)26(22)23/h6-8,11,15-16,22,27H,5,9-10,12-14,17H2,1-4H3. The highest BCUT2D eigenvalue weighted by Crippen LogP contribution is 2.36. The first-order valence-electron chi connectivity index (χ1n) is 10.9. The highest BCUT2D eigenvalue weighted by atomic mass is 15.0. The normalized spacial score (nSPS) is 20.1. The molecule has 1 aliphatic heterocycles. The van der Waals surface area contributed by atoms with Gasteiger partial charge in [-0.05, 0) is 75.8 Å². The molecular formula is C26H34N2. The second-order valence-electron chi connectivity index (χ2n) is 8.72. The Morgan fingerprint density at radius 1 is 1.18 bits per heavy atom. The van der Waals surface area contributed by atoms with E-state index in [0.717, 1.165) is 38.8 Å². The van der Waals surface area contributed by atoms with E-state index < -0.39 is 0 Å². The fraction of sp³-hybridized carbons (Fsp3) is 0.462. The zero-order valence-electron chi connectivity index (χ0n) is 17.9. The molecule has 0 spiro atoms. The van der Waals surface area contributed by atoms with E-state index in [4.69, 9.17) is 0 Å². The van der Waals surface area contributed by atoms with Gasteiger partial charge in [0, 0.05) is 36.1 Å². The number of nitrogens with one attached hydrogen (secondary N) is 1. The van der Waals surface area contributed by atoms with Crippen molar-refractivity contribution in [2.24, 2.45) is 7.05 Å². The van der Waals surface area contributed by atoms with Gasteiger partial charge < -0.3 is 9.88 Å². The van der Waals surface area contributed by atoms with Crippen molar-refractivity contribution >= 4 is 10.9 Å². The lowest BCUT2D eigenvalue weighted by atomic mass is 9.92. The molecule has 1 unspecified atom stereocenters. The summed E-state index contributed by atoms with van der Waals surface area (Å²) < 4.78 is 2.47. The summed E-state index contributed by atoms with van der Waals surface area (Å²) in [5.41, 5.74) is 10.4. The summed E-state index contributed by atoms with van der Waals surface area (Å²) in [6, 6.07) is 6.94. The molecule has 0 radical (unpaired) electrons. The molecular weight excluding hydrogens is 340 g/mol. The molecule has 1 aromatic carbocycles. The Balaban J connectivity index is 1.64. The lowest BCUT2D eigenvalue weighted by molar-refractivity contribution is 0.550. The zero-order valence-corrected chi connectivity index (χ0v) is 17.9. The summed E-state index contributed by atoms with van der Waals surface area (Å²) in [5.74, 6) is 0.572. The monoisotopic (exact) mass is 374 g/mol. The van der Waals surface area contributed by atoms with Crippen molar-refractivity contribution in [1.29, 1.82) is 0 Å². The Kier molecular flexibility index (Phi) is 5.59. The van der Waals surface area contributed by atoms with Gasteiger partial charge in [0.1, 0.15) is 0 Å². The van der Waals surface area contributed by atoms with E-state index in [0.29, 0.717) is 5.92 Å². The van der Waals surface area contributed by atoms with Crippen LogP contribution in [0.4, 0.5) is 0 Å². The summed E-state index contributed by atoms with van der Waals surface area (Å²) >= 11 is 0. The Labute approximate surface area is 170 Å². The minimum atomic E-state index is 0.572. The van der Waals surface area contributed by atoms with Crippen LogP contribution >= 0.6 is 0 Å². The number of aryl methyl sites for hydroxylation is 2. The second kappa shape index (κ2) is 8.13. The largest absolute Gasteiger partial charge is 0.347 e. The van der Waals surface area contributed by atoms with Gasteiger partial charge in [0.25, 0.3) is 0 Å². The average Bonchev–Trinajstić information content (AvgIpc) is 2.86. The molecule has 2 aromatic rings. The Morgan fingerprint density at radius 3 is 2.86 bits per heavy atom. The number of aromatic nitrogens is 1. The van der Waals surface area contributed by atoms with E-state index in [1.807, 2.05) is 0 Å². The molecule has 2 heterocycles. The van der Waals surface area contributed by atoms with Crippen LogP contribution in [-0.4, -0.2) is 17.7 Å². The average molecular weight is 375 g/mol. The Hall–Kier alpha value is -2.06. The summed E-state index contributed by atoms with van der Waals surface area (Å²) in [7, 11) is 2.26. The molecule has 0 bridgehead atoms. The third kappa shape index (κ3) is 3.75. The van der Waals surface area contributed by atoms with Crippen LogP contribution in [0.15, 0.2) is 53.1 Å². The van der Waals surface area contributed by atoms with Gasteiger partial charge in [-0.1, -0.05) is 47.9 Å². The molecule has 2 aliphatic rings. The predicted octanol–water partition coefficient (Wildman–Crippen LogP) is 6.11. The van der Waals surface area contributed by atoms with Crippen molar-refractivity contribution in [3.63, 3.8) is 0 Å². The maximum Gasteiger partial charge on any atom is 0.0483 e. The van der Waals surface area contributed by atoms with Gasteiger partial charge in [0.05, 0.1) is 0 Å². The zero-order chi connectivity index (χ0) is 19.7. The van der Waals surface area contributed by atoms with Crippen LogP contribution in [0, 0.1) is 6.92 Å². The topological polar surface area (TPSA) is 17.0 Å². The number of fused-ring (bicyclic) bond motifs is 3. The lowest BCUT2D eigenvalue weighted by Gasteiger charge is -2.18. The summed E-state index contributed by atoms with van der Waals surface area (Å²) in [6.45, 7) is 8.91. The smallest absolute Gasteiger partial charge is 0.0483 e. The molecule has 28 heavy (non-hydrogen) atoms. The quantitative estimate of drug-likeness (QED) is 0.683. The SMILES string of the molecule is CCC1=CC(CCC2CNCCc3c2n(C)c2ccc(C)cc32)=CC=C(C)C1. The van der Waals surface area contributed by atoms with E-state index in [9.17, 15) is 0 Å². The summed E-state index contributed by atoms with van der Waals surface area (Å²) in [4.78, 5) is 0. The molecule has 2 nitrogen and oxygen atoms in total. The number of hydrogen-bond acceptors (Lipinski definition) is 1. The van der Waals surface area contributed by atoms with Gasteiger partial charge >= 0.3 is 0 Å². The molecule has 4 rings (SSSR count). The minimum Gasteiger partial charge on any atom is -0.347 e. The van der Waals surface area contributed by atoms with Gasteiger partial charge in [-0.25, -0.2) is 0 Å². The van der Waals surface area contributed by atoms with Crippen LogP contribution in [-0.2, 0) is 13.5 Å². The minimum absolute atomic E-state index is 0.572. The number of hydrogen-bond donors (Lipinski definition) is 1. The highest BCUT2D eigenvalue weighted by molar-refractivity contribution is 5.86. The van der Waals surface area contributed by atoms with E-state index in [2.05, 4.69) is 74.1 Å². The molecule has 1 N–H and O–H groups in total. The molecule has 1 atom stereocenters. The molecule has 1 aromatic heterocycles. The molecule has 0 saturated heterocycles. The number of benzene rings is 1. The first-order chi connectivity index (χ1) is 13.6. The molecule has 2 heteroatoms.